The van der Waals surface area contributed by atoms with Crippen LogP contribution in [0.15, 0.2) is 24.3 Å². The van der Waals surface area contributed by atoms with Crippen molar-refractivity contribution in [2.24, 2.45) is 0 Å². The van der Waals surface area contributed by atoms with E-state index < -0.39 is 0 Å². The number of nitrogens with two attached hydrogens (primary N) is 1. The first kappa shape index (κ1) is 15.5. The summed E-state index contributed by atoms with van der Waals surface area (Å²) in [6.07, 6.45) is 6.91. The lowest BCUT2D eigenvalue weighted by atomic mass is 10.1. The van der Waals surface area contributed by atoms with Crippen molar-refractivity contribution in [2.45, 2.75) is 51.9 Å². The molecular weight excluding hydrogens is 238 g/mol. The molecule has 0 aliphatic carbocycles. The van der Waals surface area contributed by atoms with Crippen LogP contribution in [0.1, 0.15) is 51.0 Å². The number of carbonyl (C=O) groups is 1. The number of hydrogen-bond donors (Lipinski definition) is 1. The Bertz CT molecular complexity index is 377. The highest BCUT2D eigenvalue weighted by Gasteiger charge is 2.05. The molecule has 3 heteroatoms. The fourth-order valence-corrected chi connectivity index (χ4v) is 1.96. The number of unbranched alkanes of at least 4 members (excludes halogenated alkanes) is 4. The monoisotopic (exact) mass is 263 g/mol. The van der Waals surface area contributed by atoms with E-state index in [2.05, 4.69) is 6.92 Å². The van der Waals surface area contributed by atoms with Crippen LogP contribution in [0.25, 0.3) is 0 Å². The summed E-state index contributed by atoms with van der Waals surface area (Å²) in [6.45, 7) is 2.74. The first-order chi connectivity index (χ1) is 9.24. The number of ether oxygens (including phenoxy) is 1. The number of benzene rings is 1. The molecule has 0 fully saturated rings. The molecule has 0 aromatic heterocycles. The molecule has 0 aliphatic heterocycles. The summed E-state index contributed by atoms with van der Waals surface area (Å²) in [5.74, 6) is -0.126. The smallest absolute Gasteiger partial charge is 0.306 e. The number of anilines is 1. The Labute approximate surface area is 116 Å². The van der Waals surface area contributed by atoms with E-state index >= 15 is 0 Å². The SMILES string of the molecule is CCCCCCCOC(=O)CCc1ccccc1N. The standard InChI is InChI=1S/C16H25NO2/c1-2-3-4-5-8-13-19-16(18)12-11-14-9-6-7-10-15(14)17/h6-7,9-10H,2-5,8,11-13,17H2,1H3. The van der Waals surface area contributed by atoms with Gasteiger partial charge in [0.2, 0.25) is 0 Å². The average molecular weight is 263 g/mol. The van der Waals surface area contributed by atoms with E-state index in [1.165, 1.54) is 19.3 Å². The van der Waals surface area contributed by atoms with Crippen LogP contribution in [0, 0.1) is 0 Å². The Balaban J connectivity index is 2.10. The first-order valence-electron chi connectivity index (χ1n) is 7.23. The van der Waals surface area contributed by atoms with Gasteiger partial charge in [0, 0.05) is 12.1 Å². The number of hydrogen-bond acceptors (Lipinski definition) is 3. The zero-order valence-corrected chi connectivity index (χ0v) is 11.9. The van der Waals surface area contributed by atoms with Crippen LogP contribution in [0.4, 0.5) is 5.69 Å². The highest BCUT2D eigenvalue weighted by atomic mass is 16.5. The third kappa shape index (κ3) is 6.85. The molecule has 0 saturated heterocycles. The van der Waals surface area contributed by atoms with Crippen LogP contribution in [-0.4, -0.2) is 12.6 Å². The molecule has 0 aliphatic rings. The lowest BCUT2D eigenvalue weighted by Gasteiger charge is -2.06. The minimum atomic E-state index is -0.126. The van der Waals surface area contributed by atoms with Crippen LogP contribution in [0.3, 0.4) is 0 Å². The van der Waals surface area contributed by atoms with Gasteiger partial charge in [-0.15, -0.1) is 0 Å². The molecule has 0 spiro atoms. The fourth-order valence-electron chi connectivity index (χ4n) is 1.96. The van der Waals surface area contributed by atoms with E-state index in [0.29, 0.717) is 19.4 Å². The van der Waals surface area contributed by atoms with Gasteiger partial charge in [0.25, 0.3) is 0 Å². The van der Waals surface area contributed by atoms with Crippen molar-refractivity contribution < 1.29 is 9.53 Å². The van der Waals surface area contributed by atoms with Gasteiger partial charge in [0.05, 0.1) is 6.61 Å². The summed E-state index contributed by atoms with van der Waals surface area (Å²) >= 11 is 0. The molecule has 1 aromatic carbocycles. The van der Waals surface area contributed by atoms with Gasteiger partial charge >= 0.3 is 5.97 Å². The summed E-state index contributed by atoms with van der Waals surface area (Å²) in [4.78, 5) is 11.6. The summed E-state index contributed by atoms with van der Waals surface area (Å²) in [6, 6.07) is 7.64. The van der Waals surface area contributed by atoms with Crippen molar-refractivity contribution >= 4 is 11.7 Å². The van der Waals surface area contributed by atoms with Crippen LogP contribution in [0.2, 0.25) is 0 Å². The molecule has 0 atom stereocenters. The van der Waals surface area contributed by atoms with Crippen molar-refractivity contribution in [3.63, 3.8) is 0 Å². The predicted molar refractivity (Wildman–Crippen MR) is 78.9 cm³/mol. The van der Waals surface area contributed by atoms with Gasteiger partial charge in [-0.2, -0.15) is 0 Å². The maximum Gasteiger partial charge on any atom is 0.306 e. The maximum atomic E-state index is 11.6. The minimum Gasteiger partial charge on any atom is -0.466 e. The van der Waals surface area contributed by atoms with Crippen LogP contribution < -0.4 is 5.73 Å². The van der Waals surface area contributed by atoms with Crippen molar-refractivity contribution in [3.05, 3.63) is 29.8 Å². The Kier molecular flexibility index (Phi) is 7.71. The Morgan fingerprint density at radius 1 is 1.16 bits per heavy atom. The molecule has 0 amide bonds. The zero-order chi connectivity index (χ0) is 13.9. The van der Waals surface area contributed by atoms with Crippen LogP contribution in [-0.2, 0) is 16.0 Å². The normalized spacial score (nSPS) is 10.4. The van der Waals surface area contributed by atoms with Crippen LogP contribution in [0.5, 0.6) is 0 Å². The molecule has 1 aromatic rings. The number of nitrogen functional groups attached to an aromatic ring is 1. The molecule has 0 radical (unpaired) electrons. The molecule has 0 saturated carbocycles. The van der Waals surface area contributed by atoms with Gasteiger partial charge < -0.3 is 10.5 Å². The summed E-state index contributed by atoms with van der Waals surface area (Å²) in [5.41, 5.74) is 7.58. The molecule has 106 valence electrons. The van der Waals surface area contributed by atoms with Gasteiger partial charge in [-0.05, 0) is 24.5 Å². The molecule has 2 N–H and O–H groups in total. The van der Waals surface area contributed by atoms with Crippen molar-refractivity contribution in [3.8, 4) is 0 Å². The van der Waals surface area contributed by atoms with E-state index in [4.69, 9.17) is 10.5 Å². The lowest BCUT2D eigenvalue weighted by molar-refractivity contribution is -0.143. The van der Waals surface area contributed by atoms with Gasteiger partial charge in [-0.3, -0.25) is 4.79 Å². The van der Waals surface area contributed by atoms with Crippen LogP contribution >= 0.6 is 0 Å². The number of para-hydroxylation sites is 1. The molecular formula is C16H25NO2. The Hall–Kier alpha value is -1.51. The van der Waals surface area contributed by atoms with Gasteiger partial charge in [-0.1, -0.05) is 50.8 Å². The number of aryl methyl sites for hydroxylation is 1. The predicted octanol–water partition coefficient (Wildman–Crippen LogP) is 3.72. The average Bonchev–Trinajstić information content (AvgIpc) is 2.42. The molecule has 1 rings (SSSR count). The summed E-state index contributed by atoms with van der Waals surface area (Å²) in [5, 5.41) is 0. The third-order valence-electron chi connectivity index (χ3n) is 3.16. The largest absolute Gasteiger partial charge is 0.466 e. The van der Waals surface area contributed by atoms with E-state index in [-0.39, 0.29) is 5.97 Å². The topological polar surface area (TPSA) is 52.3 Å². The van der Waals surface area contributed by atoms with Crippen molar-refractivity contribution in [1.29, 1.82) is 0 Å². The molecule has 0 heterocycles. The van der Waals surface area contributed by atoms with Crippen molar-refractivity contribution in [2.75, 3.05) is 12.3 Å². The number of rotatable bonds is 9. The Morgan fingerprint density at radius 3 is 2.63 bits per heavy atom. The molecule has 0 bridgehead atoms. The lowest BCUT2D eigenvalue weighted by Crippen LogP contribution is -2.07. The van der Waals surface area contributed by atoms with E-state index in [0.717, 1.165) is 24.1 Å². The second-order valence-electron chi connectivity index (χ2n) is 4.83. The van der Waals surface area contributed by atoms with Gasteiger partial charge in [-0.25, -0.2) is 0 Å². The quantitative estimate of drug-likeness (QED) is 0.420. The van der Waals surface area contributed by atoms with E-state index in [1.54, 1.807) is 0 Å². The van der Waals surface area contributed by atoms with Crippen molar-refractivity contribution in [1.82, 2.24) is 0 Å². The molecule has 0 unspecified atom stereocenters. The summed E-state index contributed by atoms with van der Waals surface area (Å²) in [7, 11) is 0. The minimum absolute atomic E-state index is 0.126. The fraction of sp³-hybridized carbons (Fsp3) is 0.562. The van der Waals surface area contributed by atoms with Gasteiger partial charge in [0.15, 0.2) is 0 Å². The number of esters is 1. The van der Waals surface area contributed by atoms with E-state index in [9.17, 15) is 4.79 Å². The second-order valence-corrected chi connectivity index (χ2v) is 4.83. The highest BCUT2D eigenvalue weighted by molar-refractivity contribution is 5.70. The Morgan fingerprint density at radius 2 is 1.89 bits per heavy atom. The van der Waals surface area contributed by atoms with Gasteiger partial charge in [0.1, 0.15) is 0 Å². The zero-order valence-electron chi connectivity index (χ0n) is 11.9. The summed E-state index contributed by atoms with van der Waals surface area (Å²) < 4.78 is 5.20. The maximum absolute atomic E-state index is 11.6. The van der Waals surface area contributed by atoms with E-state index in [1.807, 2.05) is 24.3 Å². The third-order valence-corrected chi connectivity index (χ3v) is 3.16. The molecule has 19 heavy (non-hydrogen) atoms. The first-order valence-corrected chi connectivity index (χ1v) is 7.23. The number of carbonyl (C=O) groups excluding carboxylic acids is 1. The second kappa shape index (κ2) is 9.42. The highest BCUT2D eigenvalue weighted by Crippen LogP contribution is 2.13. The molecule has 3 nitrogen and oxygen atoms in total.